The van der Waals surface area contributed by atoms with Crippen LogP contribution in [0.25, 0.3) is 0 Å². The Hall–Kier alpha value is -1.53. The van der Waals surface area contributed by atoms with Gasteiger partial charge < -0.3 is 10.5 Å². The average Bonchev–Trinajstić information content (AvgIpc) is 2.61. The predicted octanol–water partition coefficient (Wildman–Crippen LogP) is 2.91. The van der Waals surface area contributed by atoms with Gasteiger partial charge in [0.25, 0.3) is 5.69 Å². The fourth-order valence-corrected chi connectivity index (χ4v) is 2.55. The number of nitrogens with zero attached hydrogens (tertiary/aromatic N) is 1. The lowest BCUT2D eigenvalue weighted by molar-refractivity contribution is -0.386. The van der Waals surface area contributed by atoms with E-state index in [0.29, 0.717) is 0 Å². The zero-order valence-electron chi connectivity index (χ0n) is 11.3. The number of hydrogen-bond acceptors (Lipinski definition) is 4. The summed E-state index contributed by atoms with van der Waals surface area (Å²) < 4.78 is 18.9. The van der Waals surface area contributed by atoms with E-state index in [4.69, 9.17) is 10.5 Å². The van der Waals surface area contributed by atoms with Crippen LogP contribution in [0.5, 0.6) is 0 Å². The summed E-state index contributed by atoms with van der Waals surface area (Å²) in [6.07, 6.45) is 4.90. The van der Waals surface area contributed by atoms with Gasteiger partial charge in [0.1, 0.15) is 5.82 Å². The Balaban J connectivity index is 2.05. The molecule has 0 aromatic heterocycles. The number of nitrogens with two attached hydrogens (primary N) is 1. The van der Waals surface area contributed by atoms with Crippen LogP contribution in [0.3, 0.4) is 0 Å². The highest BCUT2D eigenvalue weighted by molar-refractivity contribution is 5.39. The van der Waals surface area contributed by atoms with E-state index in [1.54, 1.807) is 0 Å². The maximum atomic E-state index is 13.2. The maximum Gasteiger partial charge on any atom is 0.275 e. The molecule has 20 heavy (non-hydrogen) atoms. The molecule has 1 aromatic rings. The first-order chi connectivity index (χ1) is 9.58. The fourth-order valence-electron chi connectivity index (χ4n) is 2.55. The van der Waals surface area contributed by atoms with Crippen LogP contribution < -0.4 is 5.73 Å². The van der Waals surface area contributed by atoms with Gasteiger partial charge in [-0.2, -0.15) is 0 Å². The van der Waals surface area contributed by atoms with Gasteiger partial charge in [0.15, 0.2) is 0 Å². The molecule has 0 spiro atoms. The molecule has 0 saturated heterocycles. The predicted molar refractivity (Wildman–Crippen MR) is 72.7 cm³/mol. The molecule has 0 amide bonds. The molecule has 6 heteroatoms. The molecule has 0 aliphatic heterocycles. The van der Waals surface area contributed by atoms with E-state index in [1.807, 2.05) is 0 Å². The van der Waals surface area contributed by atoms with E-state index in [1.165, 1.54) is 6.07 Å². The van der Waals surface area contributed by atoms with Crippen LogP contribution >= 0.6 is 0 Å². The van der Waals surface area contributed by atoms with Gasteiger partial charge in [-0.1, -0.05) is 19.3 Å². The fraction of sp³-hybridized carbons (Fsp3) is 0.571. The molecule has 2 rings (SSSR count). The van der Waals surface area contributed by atoms with Gasteiger partial charge in [-0.15, -0.1) is 0 Å². The van der Waals surface area contributed by atoms with Crippen LogP contribution in [0.15, 0.2) is 18.2 Å². The molecule has 5 nitrogen and oxygen atoms in total. The van der Waals surface area contributed by atoms with Gasteiger partial charge >= 0.3 is 0 Å². The normalized spacial score (nSPS) is 23.3. The topological polar surface area (TPSA) is 78.4 Å². The quantitative estimate of drug-likeness (QED) is 0.523. The van der Waals surface area contributed by atoms with Crippen molar-refractivity contribution in [1.29, 1.82) is 0 Å². The number of rotatable bonds is 4. The highest BCUT2D eigenvalue weighted by atomic mass is 19.1. The molecule has 2 unspecified atom stereocenters. The first-order valence-corrected chi connectivity index (χ1v) is 6.88. The van der Waals surface area contributed by atoms with Gasteiger partial charge in [0.2, 0.25) is 0 Å². The Labute approximate surface area is 117 Å². The van der Waals surface area contributed by atoms with E-state index in [-0.39, 0.29) is 30.0 Å². The second-order valence-corrected chi connectivity index (χ2v) is 5.18. The molecule has 0 radical (unpaired) electrons. The second kappa shape index (κ2) is 6.76. The summed E-state index contributed by atoms with van der Waals surface area (Å²) in [5.41, 5.74) is 6.18. The molecule has 110 valence electrons. The van der Waals surface area contributed by atoms with Crippen molar-refractivity contribution >= 4 is 5.69 Å². The van der Waals surface area contributed by atoms with Crippen LogP contribution in [-0.2, 0) is 11.3 Å². The van der Waals surface area contributed by atoms with Gasteiger partial charge in [0.05, 0.1) is 23.2 Å². The van der Waals surface area contributed by atoms with Gasteiger partial charge in [0, 0.05) is 12.1 Å². The van der Waals surface area contributed by atoms with Crippen LogP contribution in [0.1, 0.15) is 37.7 Å². The Morgan fingerprint density at radius 3 is 2.85 bits per heavy atom. The Morgan fingerprint density at radius 2 is 2.10 bits per heavy atom. The number of ether oxygens (including phenoxy) is 1. The zero-order valence-corrected chi connectivity index (χ0v) is 11.3. The monoisotopic (exact) mass is 282 g/mol. The van der Waals surface area contributed by atoms with Crippen LogP contribution in [0.2, 0.25) is 0 Å². The van der Waals surface area contributed by atoms with Crippen molar-refractivity contribution in [1.82, 2.24) is 0 Å². The first kappa shape index (κ1) is 14.9. The van der Waals surface area contributed by atoms with Crippen LogP contribution in [-0.4, -0.2) is 17.1 Å². The zero-order chi connectivity index (χ0) is 14.5. The standard InChI is InChI=1S/C14H19FN2O3/c15-11-6-7-13(17(18)19)10(8-11)9-20-14-5-3-1-2-4-12(14)16/h6-8,12,14H,1-5,9,16H2. The molecule has 1 aliphatic carbocycles. The van der Waals surface area contributed by atoms with E-state index >= 15 is 0 Å². The van der Waals surface area contributed by atoms with Crippen molar-refractivity contribution in [3.05, 3.63) is 39.7 Å². The van der Waals surface area contributed by atoms with Crippen molar-refractivity contribution < 1.29 is 14.1 Å². The van der Waals surface area contributed by atoms with E-state index in [0.717, 1.165) is 44.2 Å². The molecule has 1 fully saturated rings. The summed E-state index contributed by atoms with van der Waals surface area (Å²) in [5, 5.41) is 10.9. The lowest BCUT2D eigenvalue weighted by atomic mass is 10.1. The lowest BCUT2D eigenvalue weighted by Gasteiger charge is -2.21. The summed E-state index contributed by atoms with van der Waals surface area (Å²) in [6, 6.07) is 3.35. The minimum Gasteiger partial charge on any atom is -0.372 e. The minimum atomic E-state index is -0.523. The Morgan fingerprint density at radius 1 is 1.35 bits per heavy atom. The molecule has 1 saturated carbocycles. The number of benzene rings is 1. The largest absolute Gasteiger partial charge is 0.372 e. The molecular weight excluding hydrogens is 263 g/mol. The molecule has 2 atom stereocenters. The molecule has 0 heterocycles. The maximum absolute atomic E-state index is 13.2. The first-order valence-electron chi connectivity index (χ1n) is 6.88. The SMILES string of the molecule is NC1CCCCCC1OCc1cc(F)ccc1[N+](=O)[O-]. The van der Waals surface area contributed by atoms with E-state index in [2.05, 4.69) is 0 Å². The number of hydrogen-bond donors (Lipinski definition) is 1. The van der Waals surface area contributed by atoms with Crippen LogP contribution in [0.4, 0.5) is 10.1 Å². The summed E-state index contributed by atoms with van der Waals surface area (Å²) in [6.45, 7) is 0.0203. The summed E-state index contributed by atoms with van der Waals surface area (Å²) >= 11 is 0. The van der Waals surface area contributed by atoms with Crippen molar-refractivity contribution in [2.75, 3.05) is 0 Å². The third-order valence-electron chi connectivity index (χ3n) is 3.69. The number of nitro groups is 1. The number of halogens is 1. The Bertz CT molecular complexity index is 481. The smallest absolute Gasteiger partial charge is 0.275 e. The molecule has 1 aromatic carbocycles. The number of nitro benzene ring substituents is 1. The summed E-state index contributed by atoms with van der Waals surface area (Å²) in [5.74, 6) is -0.501. The van der Waals surface area contributed by atoms with Gasteiger partial charge in [-0.25, -0.2) is 4.39 Å². The average molecular weight is 282 g/mol. The van der Waals surface area contributed by atoms with E-state index in [9.17, 15) is 14.5 Å². The third kappa shape index (κ3) is 3.74. The van der Waals surface area contributed by atoms with Crippen molar-refractivity contribution in [3.63, 3.8) is 0 Å². The lowest BCUT2D eigenvalue weighted by Crippen LogP contribution is -2.35. The van der Waals surface area contributed by atoms with Crippen molar-refractivity contribution in [2.24, 2.45) is 5.73 Å². The van der Waals surface area contributed by atoms with Crippen molar-refractivity contribution in [2.45, 2.75) is 50.9 Å². The summed E-state index contributed by atoms with van der Waals surface area (Å²) in [7, 11) is 0. The minimum absolute atomic E-state index is 0.0203. The van der Waals surface area contributed by atoms with E-state index < -0.39 is 10.7 Å². The molecule has 1 aliphatic rings. The molecule has 0 bridgehead atoms. The van der Waals surface area contributed by atoms with Gasteiger partial charge in [-0.05, 0) is 25.0 Å². The molecular formula is C14H19FN2O3. The van der Waals surface area contributed by atoms with Crippen LogP contribution in [0, 0.1) is 15.9 Å². The second-order valence-electron chi connectivity index (χ2n) is 5.18. The Kier molecular flexibility index (Phi) is 5.03. The van der Waals surface area contributed by atoms with Gasteiger partial charge in [-0.3, -0.25) is 10.1 Å². The third-order valence-corrected chi connectivity index (χ3v) is 3.69. The molecule has 2 N–H and O–H groups in total. The highest BCUT2D eigenvalue weighted by Gasteiger charge is 2.22. The summed E-state index contributed by atoms with van der Waals surface area (Å²) in [4.78, 5) is 10.4. The highest BCUT2D eigenvalue weighted by Crippen LogP contribution is 2.24. The van der Waals surface area contributed by atoms with Crippen molar-refractivity contribution in [3.8, 4) is 0 Å².